The van der Waals surface area contributed by atoms with E-state index in [1.54, 1.807) is 0 Å². The van der Waals surface area contributed by atoms with Crippen molar-refractivity contribution in [1.29, 1.82) is 0 Å². The summed E-state index contributed by atoms with van der Waals surface area (Å²) in [5, 5.41) is 1.16. The highest BCUT2D eigenvalue weighted by Gasteiger charge is 2.20. The Bertz CT molecular complexity index is 595. The number of nitrogens with zero attached hydrogens (tertiary/aromatic N) is 1. The fourth-order valence-corrected chi connectivity index (χ4v) is 3.89. The first-order valence-corrected chi connectivity index (χ1v) is 8.10. The molecule has 2 aromatic carbocycles. The lowest BCUT2D eigenvalue weighted by Crippen LogP contribution is -2.07. The second kappa shape index (κ2) is 5.93. The van der Waals surface area contributed by atoms with Crippen molar-refractivity contribution in [1.82, 2.24) is 0 Å². The maximum Gasteiger partial charge on any atom is 0.0992 e. The molecule has 1 aliphatic rings. The first-order valence-electron chi connectivity index (χ1n) is 6.32. The summed E-state index contributed by atoms with van der Waals surface area (Å²) in [6.45, 7) is 0. The van der Waals surface area contributed by atoms with Crippen molar-refractivity contribution < 1.29 is 0 Å². The fourth-order valence-electron chi connectivity index (χ4n) is 2.19. The molecule has 1 aliphatic heterocycles. The maximum absolute atomic E-state index is 4.86. The van der Waals surface area contributed by atoms with Gasteiger partial charge >= 0.3 is 0 Å². The average Bonchev–Trinajstić information content (AvgIpc) is 2.89. The van der Waals surface area contributed by atoms with Gasteiger partial charge in [-0.3, -0.25) is 4.99 Å². The van der Waals surface area contributed by atoms with E-state index in [0.717, 1.165) is 21.7 Å². The Labute approximate surface area is 126 Å². The third-order valence-electron chi connectivity index (χ3n) is 3.13. The van der Waals surface area contributed by atoms with Gasteiger partial charge in [-0.15, -0.1) is 11.8 Å². The van der Waals surface area contributed by atoms with Crippen molar-refractivity contribution >= 4 is 32.7 Å². The number of aliphatic imine (C=N–C) groups is 1. The molecule has 3 rings (SSSR count). The molecule has 0 saturated heterocycles. The first kappa shape index (κ1) is 12.9. The molecule has 0 fully saturated rings. The molecule has 0 bridgehead atoms. The zero-order chi connectivity index (χ0) is 13.1. The molecule has 2 aromatic rings. The van der Waals surface area contributed by atoms with Gasteiger partial charge in [0, 0.05) is 15.8 Å². The van der Waals surface area contributed by atoms with E-state index in [9.17, 15) is 0 Å². The SMILES string of the molecule is Brc1ccccc1C1=N[C@@H](Cc2ccccc2)CS1. The normalized spacial score (nSPS) is 18.4. The quantitative estimate of drug-likeness (QED) is 0.803. The van der Waals surface area contributed by atoms with Crippen LogP contribution in [0.25, 0.3) is 0 Å². The fraction of sp³-hybridized carbons (Fsp3) is 0.188. The van der Waals surface area contributed by atoms with Crippen LogP contribution >= 0.6 is 27.7 Å². The summed E-state index contributed by atoms with van der Waals surface area (Å²) in [7, 11) is 0. The molecular formula is C16H14BrNS. The monoisotopic (exact) mass is 331 g/mol. The molecule has 0 radical (unpaired) electrons. The smallest absolute Gasteiger partial charge is 0.0992 e. The van der Waals surface area contributed by atoms with Crippen molar-refractivity contribution in [3.8, 4) is 0 Å². The summed E-state index contributed by atoms with van der Waals surface area (Å²) in [6, 6.07) is 19.3. The Morgan fingerprint density at radius 1 is 1.05 bits per heavy atom. The molecular weight excluding hydrogens is 318 g/mol. The van der Waals surface area contributed by atoms with Crippen LogP contribution in [0.1, 0.15) is 11.1 Å². The largest absolute Gasteiger partial charge is 0.273 e. The number of benzene rings is 2. The molecule has 19 heavy (non-hydrogen) atoms. The molecule has 0 aliphatic carbocycles. The highest BCUT2D eigenvalue weighted by atomic mass is 79.9. The Hall–Kier alpha value is -1.06. The van der Waals surface area contributed by atoms with Crippen molar-refractivity contribution in [3.05, 3.63) is 70.2 Å². The minimum Gasteiger partial charge on any atom is -0.273 e. The molecule has 1 nitrogen and oxygen atoms in total. The molecule has 1 heterocycles. The lowest BCUT2D eigenvalue weighted by Gasteiger charge is -2.05. The van der Waals surface area contributed by atoms with E-state index in [1.165, 1.54) is 11.1 Å². The molecule has 1 atom stereocenters. The zero-order valence-corrected chi connectivity index (χ0v) is 12.8. The third kappa shape index (κ3) is 3.10. The maximum atomic E-state index is 4.86. The molecule has 0 saturated carbocycles. The van der Waals surface area contributed by atoms with Gasteiger partial charge in [-0.1, -0.05) is 64.5 Å². The van der Waals surface area contributed by atoms with Crippen LogP contribution in [-0.4, -0.2) is 16.8 Å². The molecule has 0 unspecified atom stereocenters. The second-order valence-electron chi connectivity index (χ2n) is 4.57. The van der Waals surface area contributed by atoms with Gasteiger partial charge in [-0.05, 0) is 18.1 Å². The van der Waals surface area contributed by atoms with Crippen molar-refractivity contribution in [2.45, 2.75) is 12.5 Å². The Morgan fingerprint density at radius 3 is 2.58 bits per heavy atom. The summed E-state index contributed by atoms with van der Waals surface area (Å²) in [5.74, 6) is 1.07. The van der Waals surface area contributed by atoms with Gasteiger partial charge in [0.2, 0.25) is 0 Å². The minimum atomic E-state index is 0.398. The standard InChI is InChI=1S/C16H14BrNS/c17-15-9-5-4-8-14(15)16-18-13(11-19-16)10-12-6-2-1-3-7-12/h1-9,13H,10-11H2/t13-/m0/s1. The van der Waals surface area contributed by atoms with E-state index < -0.39 is 0 Å². The number of hydrogen-bond acceptors (Lipinski definition) is 2. The summed E-state index contributed by atoms with van der Waals surface area (Å²) >= 11 is 5.46. The summed E-state index contributed by atoms with van der Waals surface area (Å²) in [4.78, 5) is 4.86. The average molecular weight is 332 g/mol. The number of thioether (sulfide) groups is 1. The van der Waals surface area contributed by atoms with Crippen LogP contribution in [0.15, 0.2) is 64.1 Å². The number of halogens is 1. The van der Waals surface area contributed by atoms with E-state index >= 15 is 0 Å². The van der Waals surface area contributed by atoms with Gasteiger partial charge in [0.1, 0.15) is 0 Å². The Morgan fingerprint density at radius 2 is 1.79 bits per heavy atom. The van der Waals surface area contributed by atoms with E-state index in [2.05, 4.69) is 64.5 Å². The predicted octanol–water partition coefficient (Wildman–Crippen LogP) is 4.55. The lowest BCUT2D eigenvalue weighted by atomic mass is 10.1. The first-order chi connectivity index (χ1) is 9.33. The van der Waals surface area contributed by atoms with Crippen LogP contribution in [0.3, 0.4) is 0 Å². The minimum absolute atomic E-state index is 0.398. The van der Waals surface area contributed by atoms with Crippen LogP contribution in [-0.2, 0) is 6.42 Å². The van der Waals surface area contributed by atoms with Crippen molar-refractivity contribution in [2.75, 3.05) is 5.75 Å². The third-order valence-corrected chi connectivity index (χ3v) is 4.97. The van der Waals surface area contributed by atoms with Crippen LogP contribution in [0.4, 0.5) is 0 Å². The van der Waals surface area contributed by atoms with Crippen LogP contribution in [0.5, 0.6) is 0 Å². The highest BCUT2D eigenvalue weighted by molar-refractivity contribution is 9.10. The van der Waals surface area contributed by atoms with Gasteiger partial charge < -0.3 is 0 Å². The molecule has 0 spiro atoms. The van der Waals surface area contributed by atoms with Crippen molar-refractivity contribution in [2.24, 2.45) is 4.99 Å². The predicted molar refractivity (Wildman–Crippen MR) is 87.1 cm³/mol. The van der Waals surface area contributed by atoms with Crippen molar-refractivity contribution in [3.63, 3.8) is 0 Å². The number of hydrogen-bond donors (Lipinski definition) is 0. The van der Waals surface area contributed by atoms with Crippen LogP contribution < -0.4 is 0 Å². The number of rotatable bonds is 3. The van der Waals surface area contributed by atoms with E-state index in [1.807, 2.05) is 17.8 Å². The van der Waals surface area contributed by atoms with E-state index in [0.29, 0.717) is 6.04 Å². The molecule has 3 heteroatoms. The van der Waals surface area contributed by atoms with Crippen LogP contribution in [0.2, 0.25) is 0 Å². The summed E-state index contributed by atoms with van der Waals surface area (Å²) in [5.41, 5.74) is 2.58. The topological polar surface area (TPSA) is 12.4 Å². The van der Waals surface area contributed by atoms with Gasteiger partial charge in [-0.25, -0.2) is 0 Å². The highest BCUT2D eigenvalue weighted by Crippen LogP contribution is 2.29. The summed E-state index contributed by atoms with van der Waals surface area (Å²) in [6.07, 6.45) is 1.03. The second-order valence-corrected chi connectivity index (χ2v) is 6.43. The van der Waals surface area contributed by atoms with E-state index in [4.69, 9.17) is 4.99 Å². The van der Waals surface area contributed by atoms with Gasteiger partial charge in [0.15, 0.2) is 0 Å². The van der Waals surface area contributed by atoms with Gasteiger partial charge in [-0.2, -0.15) is 0 Å². The van der Waals surface area contributed by atoms with E-state index in [-0.39, 0.29) is 0 Å². The van der Waals surface area contributed by atoms with Gasteiger partial charge in [0.05, 0.1) is 11.1 Å². The molecule has 0 aromatic heterocycles. The van der Waals surface area contributed by atoms with Crippen LogP contribution in [0, 0.1) is 0 Å². The lowest BCUT2D eigenvalue weighted by molar-refractivity contribution is 0.763. The Balaban J connectivity index is 1.77. The summed E-state index contributed by atoms with van der Waals surface area (Å²) < 4.78 is 1.13. The molecule has 0 N–H and O–H groups in total. The van der Waals surface area contributed by atoms with Gasteiger partial charge in [0.25, 0.3) is 0 Å². The Kier molecular flexibility index (Phi) is 4.04. The zero-order valence-electron chi connectivity index (χ0n) is 10.4. The molecule has 96 valence electrons. The molecule has 0 amide bonds.